The van der Waals surface area contributed by atoms with E-state index in [4.69, 9.17) is 46.4 Å². The van der Waals surface area contributed by atoms with E-state index in [2.05, 4.69) is 6.92 Å². The van der Waals surface area contributed by atoms with Crippen LogP contribution in [0.3, 0.4) is 0 Å². The number of hydrogen-bond donors (Lipinski definition) is 0. The third-order valence-electron chi connectivity index (χ3n) is 0.570. The van der Waals surface area contributed by atoms with Crippen LogP contribution in [-0.2, 0) is 0 Å². The molecule has 0 heterocycles. The van der Waals surface area contributed by atoms with E-state index in [1.165, 1.54) is 6.42 Å². The van der Waals surface area contributed by atoms with Gasteiger partial charge in [-0.1, -0.05) is 48.1 Å². The molecular formula is C6H10Cl4. The third kappa shape index (κ3) is 23.1. The van der Waals surface area contributed by atoms with Gasteiger partial charge in [-0.2, -0.15) is 0 Å². The van der Waals surface area contributed by atoms with Crippen molar-refractivity contribution >= 4 is 46.4 Å². The van der Waals surface area contributed by atoms with Crippen molar-refractivity contribution in [1.82, 2.24) is 0 Å². The Balaban J connectivity index is 0. The number of halogens is 4. The first-order valence-electron chi connectivity index (χ1n) is 2.86. The number of hydrogen-bond acceptors (Lipinski definition) is 0. The summed E-state index contributed by atoms with van der Waals surface area (Å²) < 4.78 is 0.0895. The lowest BCUT2D eigenvalue weighted by Gasteiger charge is -1.77. The highest BCUT2D eigenvalue weighted by Gasteiger charge is 1.70. The van der Waals surface area contributed by atoms with E-state index in [1.807, 2.05) is 0 Å². The molecule has 0 aliphatic heterocycles. The first-order chi connectivity index (χ1) is 4.68. The zero-order valence-corrected chi connectivity index (χ0v) is 8.73. The SMILES string of the molecule is CCCCCl.ClC=C(Cl)Cl. The largest absolute Gasteiger partial charge is 0.127 e. The van der Waals surface area contributed by atoms with E-state index in [-0.39, 0.29) is 4.49 Å². The summed E-state index contributed by atoms with van der Waals surface area (Å²) in [7, 11) is 0. The van der Waals surface area contributed by atoms with E-state index in [1.54, 1.807) is 0 Å². The Morgan fingerprint density at radius 2 is 1.80 bits per heavy atom. The van der Waals surface area contributed by atoms with Crippen LogP contribution in [0, 0.1) is 0 Å². The molecule has 0 nitrogen and oxygen atoms in total. The predicted molar refractivity (Wildman–Crippen MR) is 51.3 cm³/mol. The number of unbranched alkanes of at least 4 members (excludes halogenated alkanes) is 1. The van der Waals surface area contributed by atoms with E-state index < -0.39 is 0 Å². The van der Waals surface area contributed by atoms with Gasteiger partial charge in [-0.3, -0.25) is 0 Å². The van der Waals surface area contributed by atoms with Crippen molar-refractivity contribution in [2.75, 3.05) is 5.88 Å². The molecular weight excluding hydrogens is 214 g/mol. The van der Waals surface area contributed by atoms with Crippen LogP contribution in [0.15, 0.2) is 10.0 Å². The smallest absolute Gasteiger partial charge is 0.118 e. The van der Waals surface area contributed by atoms with Gasteiger partial charge in [0, 0.05) is 11.4 Å². The van der Waals surface area contributed by atoms with Crippen molar-refractivity contribution in [1.29, 1.82) is 0 Å². The fourth-order valence-electron chi connectivity index (χ4n) is 0.134. The molecule has 0 aliphatic carbocycles. The van der Waals surface area contributed by atoms with Crippen LogP contribution >= 0.6 is 46.4 Å². The summed E-state index contributed by atoms with van der Waals surface area (Å²) in [6, 6.07) is 0. The molecule has 0 aliphatic rings. The highest BCUT2D eigenvalue weighted by molar-refractivity contribution is 6.58. The minimum atomic E-state index is 0.0895. The molecule has 0 aromatic heterocycles. The molecule has 0 saturated carbocycles. The van der Waals surface area contributed by atoms with E-state index >= 15 is 0 Å². The van der Waals surface area contributed by atoms with Gasteiger partial charge in [0.2, 0.25) is 0 Å². The first kappa shape index (κ1) is 13.5. The third-order valence-corrected chi connectivity index (χ3v) is 1.50. The van der Waals surface area contributed by atoms with Gasteiger partial charge in [-0.25, -0.2) is 0 Å². The maximum absolute atomic E-state index is 5.30. The molecule has 4 heteroatoms. The van der Waals surface area contributed by atoms with Crippen molar-refractivity contribution < 1.29 is 0 Å². The van der Waals surface area contributed by atoms with Crippen molar-refractivity contribution in [2.24, 2.45) is 0 Å². The zero-order chi connectivity index (χ0) is 8.41. The zero-order valence-electron chi connectivity index (χ0n) is 5.71. The van der Waals surface area contributed by atoms with Gasteiger partial charge in [0.25, 0.3) is 0 Å². The number of rotatable bonds is 2. The highest BCUT2D eigenvalue weighted by atomic mass is 35.5. The summed E-state index contributed by atoms with van der Waals surface area (Å²) in [5.74, 6) is 0.816. The van der Waals surface area contributed by atoms with E-state index in [0.717, 1.165) is 17.8 Å². The normalized spacial score (nSPS) is 7.70. The summed E-state index contributed by atoms with van der Waals surface area (Å²) in [6.07, 6.45) is 2.37. The Morgan fingerprint density at radius 3 is 1.80 bits per heavy atom. The second-order valence-electron chi connectivity index (χ2n) is 1.44. The molecule has 0 atom stereocenters. The monoisotopic (exact) mass is 222 g/mol. The lowest BCUT2D eigenvalue weighted by Crippen LogP contribution is -1.65. The van der Waals surface area contributed by atoms with Gasteiger partial charge in [0.1, 0.15) is 4.49 Å². The van der Waals surface area contributed by atoms with Crippen LogP contribution in [0.1, 0.15) is 19.8 Å². The highest BCUT2D eigenvalue weighted by Crippen LogP contribution is 2.05. The molecule has 10 heavy (non-hydrogen) atoms. The van der Waals surface area contributed by atoms with Gasteiger partial charge in [0.15, 0.2) is 0 Å². The van der Waals surface area contributed by atoms with Crippen LogP contribution in [0.4, 0.5) is 0 Å². The molecule has 0 fully saturated rings. The second-order valence-corrected chi connectivity index (χ2v) is 3.05. The average Bonchev–Trinajstić information content (AvgIpc) is 1.91. The Labute approximate surface area is 82.1 Å². The van der Waals surface area contributed by atoms with Gasteiger partial charge < -0.3 is 0 Å². The minimum absolute atomic E-state index is 0.0895. The summed E-state index contributed by atoms with van der Waals surface area (Å²) in [5, 5.41) is 0. The standard InChI is InChI=1S/C4H9Cl.C2HCl3/c1-2-3-4-5;3-1-2(4)5/h2-4H2,1H3;1H. The Bertz CT molecular complexity index is 73.8. The fraction of sp³-hybridized carbons (Fsp3) is 0.667. The molecule has 0 saturated heterocycles. The van der Waals surface area contributed by atoms with Gasteiger partial charge in [-0.15, -0.1) is 11.6 Å². The summed E-state index contributed by atoms with van der Waals surface area (Å²) in [5.41, 5.74) is 1.09. The fourth-order valence-corrected chi connectivity index (χ4v) is 0.401. The topological polar surface area (TPSA) is 0 Å². The molecule has 0 rings (SSSR count). The molecule has 0 aromatic carbocycles. The van der Waals surface area contributed by atoms with Gasteiger partial charge in [-0.05, 0) is 6.42 Å². The second kappa shape index (κ2) is 12.6. The van der Waals surface area contributed by atoms with Crippen LogP contribution in [0.2, 0.25) is 0 Å². The maximum Gasteiger partial charge on any atom is 0.118 e. The Kier molecular flexibility index (Phi) is 16.9. The van der Waals surface area contributed by atoms with Crippen LogP contribution in [0.5, 0.6) is 0 Å². The quantitative estimate of drug-likeness (QED) is 0.604. The van der Waals surface area contributed by atoms with Gasteiger partial charge in [0.05, 0.1) is 0 Å². The molecule has 0 bridgehead atoms. The molecule has 0 radical (unpaired) electrons. The summed E-state index contributed by atoms with van der Waals surface area (Å²) >= 11 is 20.1. The van der Waals surface area contributed by atoms with Crippen molar-refractivity contribution in [3.63, 3.8) is 0 Å². The first-order valence-corrected chi connectivity index (χ1v) is 4.59. The lowest BCUT2D eigenvalue weighted by molar-refractivity contribution is 0.892. The molecule has 0 aromatic rings. The van der Waals surface area contributed by atoms with Crippen LogP contribution in [-0.4, -0.2) is 5.88 Å². The molecule has 0 unspecified atom stereocenters. The van der Waals surface area contributed by atoms with E-state index in [0.29, 0.717) is 0 Å². The number of alkyl halides is 1. The summed E-state index contributed by atoms with van der Waals surface area (Å²) in [4.78, 5) is 0. The molecule has 0 spiro atoms. The molecule has 62 valence electrons. The lowest BCUT2D eigenvalue weighted by atomic mass is 10.4. The summed E-state index contributed by atoms with van der Waals surface area (Å²) in [6.45, 7) is 2.13. The Morgan fingerprint density at radius 1 is 1.40 bits per heavy atom. The molecule has 0 N–H and O–H groups in total. The van der Waals surface area contributed by atoms with Gasteiger partial charge >= 0.3 is 0 Å². The van der Waals surface area contributed by atoms with Crippen LogP contribution in [0.25, 0.3) is 0 Å². The predicted octanol–water partition coefficient (Wildman–Crippen LogP) is 4.53. The van der Waals surface area contributed by atoms with E-state index in [9.17, 15) is 0 Å². The maximum atomic E-state index is 5.30. The molecule has 0 amide bonds. The van der Waals surface area contributed by atoms with Crippen molar-refractivity contribution in [2.45, 2.75) is 19.8 Å². The minimum Gasteiger partial charge on any atom is -0.127 e. The average molecular weight is 224 g/mol. The van der Waals surface area contributed by atoms with Crippen molar-refractivity contribution in [3.05, 3.63) is 10.0 Å². The Hall–Kier alpha value is 0.900. The van der Waals surface area contributed by atoms with Crippen LogP contribution < -0.4 is 0 Å². The van der Waals surface area contributed by atoms with Crippen molar-refractivity contribution in [3.8, 4) is 0 Å².